The van der Waals surface area contributed by atoms with Gasteiger partial charge in [0.1, 0.15) is 6.04 Å². The monoisotopic (exact) mass is 273 g/mol. The number of aliphatic hydroxyl groups is 2. The highest BCUT2D eigenvalue weighted by atomic mass is 16.5. The van der Waals surface area contributed by atoms with Gasteiger partial charge in [-0.15, -0.1) is 0 Å². The minimum Gasteiger partial charge on any atom is -0.480 e. The molecule has 0 spiro atoms. The summed E-state index contributed by atoms with van der Waals surface area (Å²) in [5, 5.41) is 25.1. The Balaban J connectivity index is 0.000000362. The van der Waals surface area contributed by atoms with Crippen LogP contribution in [0.4, 0.5) is 0 Å². The third kappa shape index (κ3) is 10.2. The fourth-order valence-corrected chi connectivity index (χ4v) is 1.29. The molecule has 1 aromatic rings. The Bertz CT molecular complexity index is 328. The zero-order chi connectivity index (χ0) is 14.7. The van der Waals surface area contributed by atoms with Gasteiger partial charge in [-0.2, -0.15) is 0 Å². The number of nitrogens with two attached hydrogens (primary N) is 1. The van der Waals surface area contributed by atoms with Crippen LogP contribution < -0.4 is 5.73 Å². The molecule has 1 heterocycles. The van der Waals surface area contributed by atoms with E-state index in [4.69, 9.17) is 21.1 Å². The molecule has 0 aliphatic heterocycles. The molecule has 7 heteroatoms. The largest absolute Gasteiger partial charge is 0.480 e. The summed E-state index contributed by atoms with van der Waals surface area (Å²) in [5.41, 5.74) is 5.92. The maximum absolute atomic E-state index is 10.3. The smallest absolute Gasteiger partial charge is 0.320 e. The molecule has 0 aromatic carbocycles. The van der Waals surface area contributed by atoms with E-state index < -0.39 is 18.3 Å². The van der Waals surface area contributed by atoms with Crippen molar-refractivity contribution in [1.82, 2.24) is 9.97 Å². The molecule has 1 atom stereocenters. The molecule has 19 heavy (non-hydrogen) atoms. The molecular weight excluding hydrogens is 250 g/mol. The normalized spacial score (nSPS) is 11.8. The summed E-state index contributed by atoms with van der Waals surface area (Å²) in [7, 11) is 0. The molecule has 1 aromatic heterocycles. The summed E-state index contributed by atoms with van der Waals surface area (Å²) in [4.78, 5) is 16.8. The Hall–Kier alpha value is -1.44. The fourth-order valence-electron chi connectivity index (χ4n) is 1.29. The third-order valence-electron chi connectivity index (χ3n) is 2.37. The van der Waals surface area contributed by atoms with Gasteiger partial charge in [0.05, 0.1) is 12.0 Å². The van der Waals surface area contributed by atoms with Crippen molar-refractivity contribution in [3.8, 4) is 0 Å². The Morgan fingerprint density at radius 2 is 2.16 bits per heavy atom. The molecule has 0 bridgehead atoms. The topological polar surface area (TPSA) is 132 Å². The standard InChI is InChI=1S/C6H9N3O2.C6H14O2/c7-5(6(10)11)1-4-2-8-3-9-4;1-2-3-4-5-6(7)8/h2-3,5H,1,7H2,(H,8,9)(H,10,11);6-8H,2-5H2,1H3. The minimum atomic E-state index is -1.10. The molecule has 7 nitrogen and oxygen atoms in total. The first kappa shape index (κ1) is 17.6. The molecule has 1 rings (SSSR count). The third-order valence-corrected chi connectivity index (χ3v) is 2.37. The molecular formula is C12H23N3O4. The maximum Gasteiger partial charge on any atom is 0.320 e. The predicted molar refractivity (Wildman–Crippen MR) is 70.3 cm³/mol. The first-order valence-electron chi connectivity index (χ1n) is 6.29. The van der Waals surface area contributed by atoms with Crippen LogP contribution in [-0.2, 0) is 11.2 Å². The first-order chi connectivity index (χ1) is 8.97. The van der Waals surface area contributed by atoms with Crippen LogP contribution in [0.1, 0.15) is 38.3 Å². The number of carboxylic acids is 1. The Kier molecular flexibility index (Phi) is 9.69. The second kappa shape index (κ2) is 10.5. The highest BCUT2D eigenvalue weighted by molar-refractivity contribution is 5.73. The number of nitrogens with zero attached hydrogens (tertiary/aromatic N) is 1. The number of carboxylic acid groups (broad SMARTS) is 1. The van der Waals surface area contributed by atoms with Gasteiger partial charge >= 0.3 is 5.97 Å². The molecule has 0 saturated carbocycles. The van der Waals surface area contributed by atoms with E-state index in [9.17, 15) is 4.79 Å². The zero-order valence-electron chi connectivity index (χ0n) is 11.1. The number of nitrogens with one attached hydrogen (secondary N) is 1. The molecule has 0 aliphatic carbocycles. The van der Waals surface area contributed by atoms with E-state index in [1.54, 1.807) is 6.20 Å². The van der Waals surface area contributed by atoms with Crippen LogP contribution in [0, 0.1) is 0 Å². The van der Waals surface area contributed by atoms with Crippen molar-refractivity contribution in [2.24, 2.45) is 5.73 Å². The second-order valence-electron chi connectivity index (χ2n) is 4.19. The van der Waals surface area contributed by atoms with Crippen LogP contribution in [-0.4, -0.2) is 43.6 Å². The molecule has 0 saturated heterocycles. The highest BCUT2D eigenvalue weighted by Crippen LogP contribution is 2.00. The van der Waals surface area contributed by atoms with Gasteiger partial charge in [-0.25, -0.2) is 4.98 Å². The van der Waals surface area contributed by atoms with E-state index in [1.165, 1.54) is 6.33 Å². The second-order valence-corrected chi connectivity index (χ2v) is 4.19. The van der Waals surface area contributed by atoms with Crippen LogP contribution in [0.15, 0.2) is 12.5 Å². The number of aliphatic hydroxyl groups excluding tert-OH is 1. The number of hydrogen-bond acceptors (Lipinski definition) is 5. The minimum absolute atomic E-state index is 0.263. The number of rotatable bonds is 7. The van der Waals surface area contributed by atoms with Crippen molar-refractivity contribution in [2.75, 3.05) is 0 Å². The van der Waals surface area contributed by atoms with Crippen molar-refractivity contribution in [1.29, 1.82) is 0 Å². The van der Waals surface area contributed by atoms with Gasteiger partial charge in [-0.3, -0.25) is 4.79 Å². The van der Waals surface area contributed by atoms with Gasteiger partial charge in [-0.05, 0) is 12.8 Å². The first-order valence-corrected chi connectivity index (χ1v) is 6.29. The Labute approximate surface area is 112 Å². The summed E-state index contributed by atoms with van der Waals surface area (Å²) >= 11 is 0. The van der Waals surface area contributed by atoms with E-state index in [1.807, 2.05) is 0 Å². The molecule has 0 aliphatic rings. The van der Waals surface area contributed by atoms with Gasteiger partial charge in [-0.1, -0.05) is 19.8 Å². The van der Waals surface area contributed by atoms with Crippen molar-refractivity contribution >= 4 is 5.97 Å². The van der Waals surface area contributed by atoms with E-state index >= 15 is 0 Å². The molecule has 110 valence electrons. The number of unbranched alkanes of at least 4 members (excludes halogenated alkanes) is 2. The average Bonchev–Trinajstić information content (AvgIpc) is 2.82. The quantitative estimate of drug-likeness (QED) is 0.357. The lowest BCUT2D eigenvalue weighted by atomic mass is 10.2. The molecule has 0 radical (unpaired) electrons. The van der Waals surface area contributed by atoms with E-state index in [2.05, 4.69) is 16.9 Å². The Morgan fingerprint density at radius 3 is 2.58 bits per heavy atom. The van der Waals surface area contributed by atoms with Gasteiger partial charge in [0.15, 0.2) is 6.29 Å². The zero-order valence-corrected chi connectivity index (χ0v) is 11.1. The summed E-state index contributed by atoms with van der Waals surface area (Å²) in [5.74, 6) is -1.01. The number of aliphatic carboxylic acids is 1. The number of imidazole rings is 1. The van der Waals surface area contributed by atoms with Gasteiger partial charge < -0.3 is 26.0 Å². The van der Waals surface area contributed by atoms with E-state index in [-0.39, 0.29) is 6.42 Å². The lowest BCUT2D eigenvalue weighted by molar-refractivity contribution is -0.138. The highest BCUT2D eigenvalue weighted by Gasteiger charge is 2.12. The Morgan fingerprint density at radius 1 is 1.47 bits per heavy atom. The van der Waals surface area contributed by atoms with Crippen LogP contribution in [0.25, 0.3) is 0 Å². The lowest BCUT2D eigenvalue weighted by Gasteiger charge is -2.01. The number of carbonyl (C=O) groups is 1. The summed E-state index contributed by atoms with van der Waals surface area (Å²) in [6.45, 7) is 2.09. The van der Waals surface area contributed by atoms with Crippen LogP contribution >= 0.6 is 0 Å². The SMILES string of the molecule is CCCCCC(O)O.NC(Cc1c[nH]cn1)C(=O)O. The lowest BCUT2D eigenvalue weighted by Crippen LogP contribution is -2.32. The molecule has 0 amide bonds. The number of aromatic nitrogens is 2. The summed E-state index contributed by atoms with van der Waals surface area (Å²) in [6.07, 6.45) is 5.96. The number of aromatic amines is 1. The van der Waals surface area contributed by atoms with Crippen LogP contribution in [0.2, 0.25) is 0 Å². The van der Waals surface area contributed by atoms with Crippen molar-refractivity contribution in [3.05, 3.63) is 18.2 Å². The summed E-state index contributed by atoms with van der Waals surface area (Å²) < 4.78 is 0. The van der Waals surface area contributed by atoms with Crippen LogP contribution in [0.5, 0.6) is 0 Å². The average molecular weight is 273 g/mol. The van der Waals surface area contributed by atoms with Crippen molar-refractivity contribution in [3.63, 3.8) is 0 Å². The van der Waals surface area contributed by atoms with Gasteiger partial charge in [0.2, 0.25) is 0 Å². The van der Waals surface area contributed by atoms with E-state index in [0.717, 1.165) is 19.3 Å². The van der Waals surface area contributed by atoms with E-state index in [0.29, 0.717) is 12.1 Å². The van der Waals surface area contributed by atoms with Crippen LogP contribution in [0.3, 0.4) is 0 Å². The number of H-pyrrole nitrogens is 1. The van der Waals surface area contributed by atoms with Crippen molar-refractivity contribution < 1.29 is 20.1 Å². The van der Waals surface area contributed by atoms with Gasteiger partial charge in [0.25, 0.3) is 0 Å². The fraction of sp³-hybridized carbons (Fsp3) is 0.667. The molecule has 1 unspecified atom stereocenters. The van der Waals surface area contributed by atoms with Gasteiger partial charge in [0, 0.05) is 12.6 Å². The molecule has 6 N–H and O–H groups in total. The summed E-state index contributed by atoms with van der Waals surface area (Å²) in [6, 6.07) is -0.863. The predicted octanol–water partition coefficient (Wildman–Crippen LogP) is 0.241. The molecule has 0 fully saturated rings. The van der Waals surface area contributed by atoms with Crippen molar-refractivity contribution in [2.45, 2.75) is 51.4 Å². The number of hydrogen-bond donors (Lipinski definition) is 5. The maximum atomic E-state index is 10.3.